The van der Waals surface area contributed by atoms with E-state index in [1.165, 1.54) is 0 Å². The minimum atomic E-state index is -0.961. The molecule has 2 N–H and O–H groups in total. The summed E-state index contributed by atoms with van der Waals surface area (Å²) in [6.07, 6.45) is 2.18. The second-order valence-corrected chi connectivity index (χ2v) is 10.9. The number of halogens is 4. The minimum Gasteiger partial charge on any atom is -0.344 e. The molecule has 0 aliphatic heterocycles. The number of hydrogen-bond acceptors (Lipinski definition) is 2. The smallest absolute Gasteiger partial charge is 0.257 e. The van der Waals surface area contributed by atoms with Crippen LogP contribution in [0.25, 0.3) is 11.1 Å². The van der Waals surface area contributed by atoms with E-state index in [4.69, 9.17) is 5.73 Å². The molecule has 1 amide bonds. The Balaban J connectivity index is 1.91. The Morgan fingerprint density at radius 2 is 1.57 bits per heavy atom. The molecule has 1 aromatic heterocycles. The summed E-state index contributed by atoms with van der Waals surface area (Å²) in [6.45, 7) is 6.73. The zero-order valence-electron chi connectivity index (χ0n) is 22.8. The fourth-order valence-corrected chi connectivity index (χ4v) is 5.04. The number of nitrogens with zero attached hydrogens (tertiary/aromatic N) is 2. The fourth-order valence-electron chi connectivity index (χ4n) is 5.04. The van der Waals surface area contributed by atoms with Gasteiger partial charge >= 0.3 is 0 Å². The summed E-state index contributed by atoms with van der Waals surface area (Å²) in [6, 6.07) is 16.9. The molecule has 0 saturated carbocycles. The molecule has 0 radical (unpaired) electrons. The standard InChI is InChI=1S/C32H33F4N3O/c1-32(2,3)30(39(15-7-14-37)31(40)25-12-10-24(34)18-28(25)36)29-16-22(26-17-23(33)11-13-27(26)35)20-38(29)19-21-8-5-4-6-9-21/h4-6,8-13,16-18,20,30H,7,14-15,19,37H2,1-3H3/t30-/m0/s1. The first-order valence-electron chi connectivity index (χ1n) is 13.1. The third kappa shape index (κ3) is 6.45. The Morgan fingerprint density at radius 3 is 2.23 bits per heavy atom. The van der Waals surface area contributed by atoms with Crippen molar-refractivity contribution in [3.8, 4) is 11.1 Å². The molecule has 3 aromatic carbocycles. The van der Waals surface area contributed by atoms with Crippen LogP contribution in [0.2, 0.25) is 0 Å². The van der Waals surface area contributed by atoms with E-state index in [1.54, 1.807) is 17.2 Å². The lowest BCUT2D eigenvalue weighted by atomic mass is 9.82. The molecule has 1 heterocycles. The van der Waals surface area contributed by atoms with Gasteiger partial charge in [0.05, 0.1) is 11.6 Å². The van der Waals surface area contributed by atoms with Gasteiger partial charge < -0.3 is 15.2 Å². The van der Waals surface area contributed by atoms with E-state index in [1.807, 2.05) is 55.7 Å². The number of hydrogen-bond donors (Lipinski definition) is 1. The molecule has 8 heteroatoms. The molecule has 0 saturated heterocycles. The van der Waals surface area contributed by atoms with Gasteiger partial charge in [-0.3, -0.25) is 4.79 Å². The first-order valence-corrected chi connectivity index (χ1v) is 13.1. The van der Waals surface area contributed by atoms with Crippen molar-refractivity contribution >= 4 is 5.91 Å². The third-order valence-corrected chi connectivity index (χ3v) is 6.80. The lowest BCUT2D eigenvalue weighted by Crippen LogP contribution is -2.43. The number of carbonyl (C=O) groups excluding carboxylic acids is 1. The van der Waals surface area contributed by atoms with Gasteiger partial charge in [0.15, 0.2) is 0 Å². The quantitative estimate of drug-likeness (QED) is 0.221. The monoisotopic (exact) mass is 551 g/mol. The summed E-state index contributed by atoms with van der Waals surface area (Å²) >= 11 is 0. The summed E-state index contributed by atoms with van der Waals surface area (Å²) in [4.78, 5) is 15.4. The number of nitrogens with two attached hydrogens (primary N) is 1. The average Bonchev–Trinajstić information content (AvgIpc) is 3.29. The first-order chi connectivity index (χ1) is 19.0. The Bertz CT molecular complexity index is 1480. The van der Waals surface area contributed by atoms with Gasteiger partial charge in [0.2, 0.25) is 0 Å². The minimum absolute atomic E-state index is 0.0881. The summed E-state index contributed by atoms with van der Waals surface area (Å²) < 4.78 is 59.5. The number of amides is 1. The highest BCUT2D eigenvalue weighted by molar-refractivity contribution is 5.95. The number of carbonyl (C=O) groups is 1. The van der Waals surface area contributed by atoms with Crippen LogP contribution in [0.4, 0.5) is 17.6 Å². The number of rotatable bonds is 9. The number of benzene rings is 3. The summed E-state index contributed by atoms with van der Waals surface area (Å²) in [5.41, 5.74) is 7.11. The van der Waals surface area contributed by atoms with Crippen LogP contribution in [-0.2, 0) is 6.54 Å². The van der Waals surface area contributed by atoms with Crippen LogP contribution >= 0.6 is 0 Å². The highest BCUT2D eigenvalue weighted by Gasteiger charge is 2.38. The van der Waals surface area contributed by atoms with Gasteiger partial charge in [0, 0.05) is 42.2 Å². The van der Waals surface area contributed by atoms with Crippen molar-refractivity contribution in [2.24, 2.45) is 11.1 Å². The highest BCUT2D eigenvalue weighted by atomic mass is 19.1. The van der Waals surface area contributed by atoms with Gasteiger partial charge in [-0.2, -0.15) is 0 Å². The van der Waals surface area contributed by atoms with Crippen LogP contribution in [-0.4, -0.2) is 28.5 Å². The zero-order valence-corrected chi connectivity index (χ0v) is 22.8. The van der Waals surface area contributed by atoms with E-state index in [2.05, 4.69) is 0 Å². The summed E-state index contributed by atoms with van der Waals surface area (Å²) in [5.74, 6) is -3.52. The predicted octanol–water partition coefficient (Wildman–Crippen LogP) is 7.34. The molecule has 0 spiro atoms. The van der Waals surface area contributed by atoms with Crippen molar-refractivity contribution in [2.75, 3.05) is 13.1 Å². The largest absolute Gasteiger partial charge is 0.344 e. The van der Waals surface area contributed by atoms with E-state index in [-0.39, 0.29) is 24.2 Å². The van der Waals surface area contributed by atoms with Crippen molar-refractivity contribution < 1.29 is 22.4 Å². The maximum Gasteiger partial charge on any atom is 0.257 e. The van der Waals surface area contributed by atoms with Crippen molar-refractivity contribution in [1.29, 1.82) is 0 Å². The molecule has 210 valence electrons. The Morgan fingerprint density at radius 1 is 0.900 bits per heavy atom. The van der Waals surface area contributed by atoms with Crippen LogP contribution < -0.4 is 5.73 Å². The number of aromatic nitrogens is 1. The van der Waals surface area contributed by atoms with Gasteiger partial charge in [-0.05, 0) is 60.3 Å². The summed E-state index contributed by atoms with van der Waals surface area (Å²) in [7, 11) is 0. The molecule has 1 atom stereocenters. The molecule has 4 rings (SSSR count). The van der Waals surface area contributed by atoms with Gasteiger partial charge in [-0.25, -0.2) is 17.6 Å². The van der Waals surface area contributed by atoms with E-state index in [9.17, 15) is 22.4 Å². The fraction of sp³-hybridized carbons (Fsp3) is 0.281. The highest BCUT2D eigenvalue weighted by Crippen LogP contribution is 2.42. The van der Waals surface area contributed by atoms with E-state index in [0.29, 0.717) is 30.3 Å². The first kappa shape index (κ1) is 29.1. The average molecular weight is 552 g/mol. The molecule has 40 heavy (non-hydrogen) atoms. The maximum atomic E-state index is 14.9. The lowest BCUT2D eigenvalue weighted by molar-refractivity contribution is 0.0488. The van der Waals surface area contributed by atoms with Crippen molar-refractivity contribution in [3.05, 3.63) is 119 Å². The molecule has 4 nitrogen and oxygen atoms in total. The van der Waals surface area contributed by atoms with E-state index < -0.39 is 40.6 Å². The molecular weight excluding hydrogens is 518 g/mol. The molecule has 0 fully saturated rings. The Kier molecular flexibility index (Phi) is 8.79. The van der Waals surface area contributed by atoms with Gasteiger partial charge in [0.25, 0.3) is 5.91 Å². The second-order valence-electron chi connectivity index (χ2n) is 10.9. The lowest BCUT2D eigenvalue weighted by Gasteiger charge is -2.41. The SMILES string of the molecule is CC(C)(C)[C@H](c1cc(-c2cc(F)ccc2F)cn1Cc1ccccc1)N(CCCN)C(=O)c1ccc(F)cc1F. The Hall–Kier alpha value is -3.91. The molecule has 0 unspecified atom stereocenters. The van der Waals surface area contributed by atoms with Crippen LogP contribution in [0.1, 0.15) is 54.8 Å². The van der Waals surface area contributed by atoms with E-state index >= 15 is 0 Å². The van der Waals surface area contributed by atoms with Crippen molar-refractivity contribution in [2.45, 2.75) is 39.8 Å². The van der Waals surface area contributed by atoms with Crippen molar-refractivity contribution in [3.63, 3.8) is 0 Å². The van der Waals surface area contributed by atoms with Crippen LogP contribution in [0.5, 0.6) is 0 Å². The topological polar surface area (TPSA) is 51.3 Å². The van der Waals surface area contributed by atoms with Crippen LogP contribution in [0.15, 0.2) is 79.0 Å². The summed E-state index contributed by atoms with van der Waals surface area (Å²) in [5, 5.41) is 0. The van der Waals surface area contributed by atoms with Gasteiger partial charge in [-0.1, -0.05) is 51.1 Å². The Labute approximate surface area is 232 Å². The molecule has 0 aliphatic rings. The van der Waals surface area contributed by atoms with Crippen LogP contribution in [0.3, 0.4) is 0 Å². The predicted molar refractivity (Wildman–Crippen MR) is 149 cm³/mol. The maximum absolute atomic E-state index is 14.9. The van der Waals surface area contributed by atoms with Gasteiger partial charge in [-0.15, -0.1) is 0 Å². The molecule has 4 aromatic rings. The molecular formula is C32H33F4N3O. The third-order valence-electron chi connectivity index (χ3n) is 6.80. The molecule has 0 bridgehead atoms. The van der Waals surface area contributed by atoms with Crippen LogP contribution in [0, 0.1) is 28.7 Å². The zero-order chi connectivity index (χ0) is 29.0. The second kappa shape index (κ2) is 12.1. The van der Waals surface area contributed by atoms with Gasteiger partial charge in [0.1, 0.15) is 23.3 Å². The molecule has 0 aliphatic carbocycles. The van der Waals surface area contributed by atoms with E-state index in [0.717, 1.165) is 35.9 Å². The van der Waals surface area contributed by atoms with Crippen molar-refractivity contribution in [1.82, 2.24) is 9.47 Å². The normalized spacial score (nSPS) is 12.4.